The van der Waals surface area contributed by atoms with Gasteiger partial charge < -0.3 is 18.9 Å². The summed E-state index contributed by atoms with van der Waals surface area (Å²) in [7, 11) is 2.65. The van der Waals surface area contributed by atoms with E-state index in [0.29, 0.717) is 30.1 Å². The Kier molecular flexibility index (Phi) is 8.35. The molecule has 4 aliphatic carbocycles. The first-order chi connectivity index (χ1) is 17.5. The Balaban J connectivity index is 1.59. The Morgan fingerprint density at radius 3 is 2.32 bits per heavy atom. The number of methoxy groups -OCH3 is 2. The number of fused-ring (bicyclic) bond motifs is 5. The second-order valence-corrected chi connectivity index (χ2v) is 13.0. The minimum atomic E-state index is -0.703. The maximum Gasteiger partial charge on any atom is 0.508 e. The lowest BCUT2D eigenvalue weighted by Crippen LogP contribution is -2.54. The summed E-state index contributed by atoms with van der Waals surface area (Å²) in [5, 5.41) is 0. The van der Waals surface area contributed by atoms with E-state index < -0.39 is 24.5 Å². The highest BCUT2D eigenvalue weighted by atomic mass is 16.7. The van der Waals surface area contributed by atoms with E-state index in [1.165, 1.54) is 58.3 Å². The molecule has 0 radical (unpaired) electrons. The van der Waals surface area contributed by atoms with E-state index in [1.807, 2.05) is 0 Å². The molecule has 0 unspecified atom stereocenters. The van der Waals surface area contributed by atoms with Crippen LogP contribution in [0.2, 0.25) is 0 Å². The smallest absolute Gasteiger partial charge is 0.438 e. The molecule has 0 aromatic carbocycles. The van der Waals surface area contributed by atoms with Gasteiger partial charge in [-0.3, -0.25) is 0 Å². The van der Waals surface area contributed by atoms with Gasteiger partial charge >= 0.3 is 12.3 Å². The largest absolute Gasteiger partial charge is 0.508 e. The molecule has 3 fully saturated rings. The molecule has 8 atom stereocenters. The quantitative estimate of drug-likeness (QED) is 0.321. The maximum atomic E-state index is 12.3. The van der Waals surface area contributed by atoms with Crippen LogP contribution in [0, 0.1) is 40.4 Å². The standard InChI is InChI=1S/C31H48O6/c1-19(2)9-8-10-20(3)24-13-14-25-23-12-11-21-17-22(36-28(32)34-6)18-27(37-29(33)35-7)31(21,5)26(23)15-16-30(24,25)4/h11-12,19-20,22,24-27H,8-10,13-18H2,1-7H3/t20-,22+,24-,25+,26+,27+,30-,31+/m1/s1. The molecule has 37 heavy (non-hydrogen) atoms. The minimum Gasteiger partial charge on any atom is -0.438 e. The average Bonchev–Trinajstić information content (AvgIpc) is 3.21. The number of hydrogen-bond donors (Lipinski definition) is 0. The summed E-state index contributed by atoms with van der Waals surface area (Å²) in [6.45, 7) is 11.9. The van der Waals surface area contributed by atoms with E-state index in [0.717, 1.165) is 24.2 Å². The monoisotopic (exact) mass is 516 g/mol. The van der Waals surface area contributed by atoms with Crippen LogP contribution >= 0.6 is 0 Å². The molecule has 0 amide bonds. The number of hydrogen-bond acceptors (Lipinski definition) is 6. The van der Waals surface area contributed by atoms with Crippen molar-refractivity contribution in [3.63, 3.8) is 0 Å². The second-order valence-electron chi connectivity index (χ2n) is 13.0. The van der Waals surface area contributed by atoms with Crippen molar-refractivity contribution in [2.75, 3.05) is 14.2 Å². The van der Waals surface area contributed by atoms with E-state index in [-0.39, 0.29) is 5.41 Å². The zero-order valence-electron chi connectivity index (χ0n) is 24.0. The molecule has 0 bridgehead atoms. The van der Waals surface area contributed by atoms with Gasteiger partial charge in [0.05, 0.1) is 14.2 Å². The number of ether oxygens (including phenoxy) is 4. The molecular formula is C31H48O6. The van der Waals surface area contributed by atoms with Crippen LogP contribution in [0.15, 0.2) is 23.3 Å². The Bertz CT molecular complexity index is 921. The highest BCUT2D eigenvalue weighted by molar-refractivity contribution is 5.61. The zero-order valence-corrected chi connectivity index (χ0v) is 24.0. The lowest BCUT2D eigenvalue weighted by atomic mass is 9.49. The zero-order chi connectivity index (χ0) is 27.0. The predicted octanol–water partition coefficient (Wildman–Crippen LogP) is 7.86. The third-order valence-corrected chi connectivity index (χ3v) is 10.6. The summed E-state index contributed by atoms with van der Waals surface area (Å²) >= 11 is 0. The lowest BCUT2D eigenvalue weighted by molar-refractivity contribution is -0.0831. The number of carbonyl (C=O) groups excluding carboxylic acids is 2. The molecule has 0 N–H and O–H groups in total. The fourth-order valence-electron chi connectivity index (χ4n) is 8.64. The highest BCUT2D eigenvalue weighted by Crippen LogP contribution is 2.66. The Morgan fingerprint density at radius 2 is 1.65 bits per heavy atom. The number of rotatable bonds is 7. The molecule has 208 valence electrons. The first-order valence-electron chi connectivity index (χ1n) is 14.4. The summed E-state index contributed by atoms with van der Waals surface area (Å²) < 4.78 is 21.1. The lowest BCUT2D eigenvalue weighted by Gasteiger charge is -2.57. The van der Waals surface area contributed by atoms with Gasteiger partial charge in [0.15, 0.2) is 0 Å². The predicted molar refractivity (Wildman–Crippen MR) is 143 cm³/mol. The van der Waals surface area contributed by atoms with Crippen LogP contribution < -0.4 is 0 Å². The van der Waals surface area contributed by atoms with Gasteiger partial charge in [-0.05, 0) is 60.7 Å². The molecule has 3 saturated carbocycles. The highest BCUT2D eigenvalue weighted by Gasteiger charge is 2.60. The summed E-state index contributed by atoms with van der Waals surface area (Å²) in [4.78, 5) is 24.2. The first-order valence-corrected chi connectivity index (χ1v) is 14.4. The fourth-order valence-corrected chi connectivity index (χ4v) is 8.64. The van der Waals surface area contributed by atoms with Gasteiger partial charge in [0.1, 0.15) is 12.2 Å². The van der Waals surface area contributed by atoms with E-state index in [2.05, 4.69) is 46.8 Å². The van der Waals surface area contributed by atoms with Crippen molar-refractivity contribution in [1.29, 1.82) is 0 Å². The summed E-state index contributed by atoms with van der Waals surface area (Å²) in [5.41, 5.74) is 2.72. The molecule has 0 aromatic rings. The van der Waals surface area contributed by atoms with Crippen molar-refractivity contribution in [2.24, 2.45) is 40.4 Å². The summed E-state index contributed by atoms with van der Waals surface area (Å²) in [6, 6.07) is 0. The topological polar surface area (TPSA) is 71.1 Å². The fraction of sp³-hybridized carbons (Fsp3) is 0.806. The summed E-state index contributed by atoms with van der Waals surface area (Å²) in [5.74, 6) is 3.17. The van der Waals surface area contributed by atoms with E-state index >= 15 is 0 Å². The molecule has 6 nitrogen and oxygen atoms in total. The van der Waals surface area contributed by atoms with Crippen molar-refractivity contribution >= 4 is 12.3 Å². The van der Waals surface area contributed by atoms with Gasteiger partial charge in [-0.1, -0.05) is 77.2 Å². The van der Waals surface area contributed by atoms with Gasteiger partial charge in [0, 0.05) is 18.3 Å². The van der Waals surface area contributed by atoms with E-state index in [9.17, 15) is 9.59 Å². The van der Waals surface area contributed by atoms with Crippen LogP contribution in [0.4, 0.5) is 9.59 Å². The van der Waals surface area contributed by atoms with Crippen molar-refractivity contribution in [1.82, 2.24) is 0 Å². The number of allylic oxidation sites excluding steroid dienone is 3. The van der Waals surface area contributed by atoms with Gasteiger partial charge in [-0.25, -0.2) is 9.59 Å². The Labute approximate surface area is 223 Å². The minimum absolute atomic E-state index is 0.314. The summed E-state index contributed by atoms with van der Waals surface area (Å²) in [6.07, 6.45) is 12.3. The number of carbonyl (C=O) groups is 2. The van der Waals surface area contributed by atoms with Crippen LogP contribution in [-0.2, 0) is 18.9 Å². The van der Waals surface area contributed by atoms with Crippen molar-refractivity contribution in [3.05, 3.63) is 23.3 Å². The van der Waals surface area contributed by atoms with Crippen LogP contribution in [0.3, 0.4) is 0 Å². The Hall–Kier alpha value is -1.98. The third-order valence-electron chi connectivity index (χ3n) is 10.6. The van der Waals surface area contributed by atoms with Crippen LogP contribution in [-0.4, -0.2) is 38.7 Å². The van der Waals surface area contributed by atoms with Gasteiger partial charge in [-0.2, -0.15) is 0 Å². The van der Waals surface area contributed by atoms with Crippen LogP contribution in [0.25, 0.3) is 0 Å². The van der Waals surface area contributed by atoms with Crippen molar-refractivity contribution < 1.29 is 28.5 Å². The molecule has 0 heterocycles. The third kappa shape index (κ3) is 5.18. The average molecular weight is 517 g/mol. The second kappa shape index (κ2) is 11.0. The van der Waals surface area contributed by atoms with E-state index in [1.54, 1.807) is 5.57 Å². The van der Waals surface area contributed by atoms with E-state index in [4.69, 9.17) is 18.9 Å². The van der Waals surface area contributed by atoms with Crippen molar-refractivity contribution in [3.8, 4) is 0 Å². The molecule has 0 aliphatic heterocycles. The molecule has 4 aliphatic rings. The van der Waals surface area contributed by atoms with Crippen LogP contribution in [0.5, 0.6) is 0 Å². The van der Waals surface area contributed by atoms with Gasteiger partial charge in [0.2, 0.25) is 0 Å². The SMILES string of the molecule is COC(=O)O[C@H]1CC2=CC=C3[C@@H]4CC[C@H]([C@H](C)CCCC(C)C)[C@@]4(C)CC[C@@H]3[C@@]2(C)[C@@H](OC(=O)OC)C1. The maximum absolute atomic E-state index is 12.3. The first kappa shape index (κ1) is 28.0. The normalized spacial score (nSPS) is 37.4. The molecular weight excluding hydrogens is 468 g/mol. The molecule has 0 spiro atoms. The molecule has 6 heteroatoms. The molecule has 0 aromatic heterocycles. The molecule has 0 saturated heterocycles. The van der Waals surface area contributed by atoms with Gasteiger partial charge in [-0.15, -0.1) is 0 Å². The molecule has 4 rings (SSSR count). The van der Waals surface area contributed by atoms with Gasteiger partial charge in [0.25, 0.3) is 0 Å². The van der Waals surface area contributed by atoms with Crippen molar-refractivity contribution in [2.45, 2.75) is 105 Å². The Morgan fingerprint density at radius 1 is 0.946 bits per heavy atom. The van der Waals surface area contributed by atoms with Crippen LogP contribution in [0.1, 0.15) is 92.4 Å².